The van der Waals surface area contributed by atoms with E-state index in [9.17, 15) is 0 Å². The molecule has 144 valence electrons. The number of aryl methyl sites for hydroxylation is 1. The molecule has 0 aliphatic heterocycles. The van der Waals surface area contributed by atoms with Gasteiger partial charge in [0.1, 0.15) is 0 Å². The molecule has 2 aromatic rings. The molecule has 4 nitrogen and oxygen atoms in total. The van der Waals surface area contributed by atoms with E-state index in [1.54, 1.807) is 11.3 Å². The Bertz CT molecular complexity index is 655. The lowest BCUT2D eigenvalue weighted by Gasteiger charge is -2.17. The summed E-state index contributed by atoms with van der Waals surface area (Å²) in [4.78, 5) is 9.00. The molecule has 0 saturated carbocycles. The summed E-state index contributed by atoms with van der Waals surface area (Å²) >= 11 is 1.75. The van der Waals surface area contributed by atoms with E-state index < -0.39 is 0 Å². The summed E-state index contributed by atoms with van der Waals surface area (Å²) in [6.07, 6.45) is 3.07. The predicted molar refractivity (Wildman–Crippen MR) is 124 cm³/mol. The number of nitrogens with zero attached hydrogens (tertiary/aromatic N) is 2. The van der Waals surface area contributed by atoms with Crippen LogP contribution >= 0.6 is 35.3 Å². The van der Waals surface area contributed by atoms with Gasteiger partial charge < -0.3 is 10.6 Å². The Balaban J connectivity index is 0.00000338. The molecule has 0 amide bonds. The summed E-state index contributed by atoms with van der Waals surface area (Å²) in [6, 6.07) is 11.0. The molecule has 6 heteroatoms. The van der Waals surface area contributed by atoms with Crippen molar-refractivity contribution in [2.75, 3.05) is 13.6 Å². The molecule has 1 unspecified atom stereocenters. The van der Waals surface area contributed by atoms with Crippen molar-refractivity contribution in [1.82, 2.24) is 15.6 Å². The zero-order valence-electron chi connectivity index (χ0n) is 16.2. The molecule has 0 bridgehead atoms. The largest absolute Gasteiger partial charge is 0.356 e. The van der Waals surface area contributed by atoms with Gasteiger partial charge in [0.25, 0.3) is 0 Å². The highest BCUT2D eigenvalue weighted by atomic mass is 127. The lowest BCUT2D eigenvalue weighted by molar-refractivity contribution is 0.593. The molecule has 0 spiro atoms. The number of hydrogen-bond donors (Lipinski definition) is 2. The average molecular weight is 486 g/mol. The Hall–Kier alpha value is -1.15. The Morgan fingerprint density at radius 2 is 1.88 bits per heavy atom. The summed E-state index contributed by atoms with van der Waals surface area (Å²) in [6.45, 7) is 7.41. The SMILES string of the molecule is CN=C(NCCc1csc(C(C)C)n1)NC(C)CCc1ccccc1.I. The first-order chi connectivity index (χ1) is 12.1. The van der Waals surface area contributed by atoms with Crippen LogP contribution in [0.4, 0.5) is 0 Å². The maximum Gasteiger partial charge on any atom is 0.191 e. The molecule has 0 aliphatic carbocycles. The summed E-state index contributed by atoms with van der Waals surface area (Å²) < 4.78 is 0. The van der Waals surface area contributed by atoms with Gasteiger partial charge in [-0.25, -0.2) is 4.98 Å². The third-order valence-corrected chi connectivity index (χ3v) is 5.25. The summed E-state index contributed by atoms with van der Waals surface area (Å²) in [7, 11) is 1.82. The van der Waals surface area contributed by atoms with Gasteiger partial charge in [0, 0.05) is 37.4 Å². The average Bonchev–Trinajstić information content (AvgIpc) is 3.09. The lowest BCUT2D eigenvalue weighted by Crippen LogP contribution is -2.43. The first kappa shape index (κ1) is 22.9. The molecule has 1 heterocycles. The first-order valence-corrected chi connectivity index (χ1v) is 9.92. The second-order valence-corrected chi connectivity index (χ2v) is 7.54. The molecule has 0 radical (unpaired) electrons. The van der Waals surface area contributed by atoms with Crippen LogP contribution in [-0.2, 0) is 12.8 Å². The molecule has 1 atom stereocenters. The minimum absolute atomic E-state index is 0. The maximum atomic E-state index is 4.67. The van der Waals surface area contributed by atoms with Crippen LogP contribution in [0.15, 0.2) is 40.7 Å². The van der Waals surface area contributed by atoms with Gasteiger partial charge in [0.05, 0.1) is 10.7 Å². The van der Waals surface area contributed by atoms with Crippen LogP contribution in [0.25, 0.3) is 0 Å². The number of hydrogen-bond acceptors (Lipinski definition) is 3. The minimum Gasteiger partial charge on any atom is -0.356 e. The van der Waals surface area contributed by atoms with E-state index in [1.807, 2.05) is 7.05 Å². The zero-order chi connectivity index (χ0) is 18.1. The fourth-order valence-electron chi connectivity index (χ4n) is 2.54. The van der Waals surface area contributed by atoms with Crippen LogP contribution in [0.3, 0.4) is 0 Å². The summed E-state index contributed by atoms with van der Waals surface area (Å²) in [5.74, 6) is 1.37. The number of rotatable bonds is 8. The van der Waals surface area contributed by atoms with E-state index in [0.717, 1.165) is 37.5 Å². The Labute approximate surface area is 179 Å². The number of halogens is 1. The number of aliphatic imine (C=N–C) groups is 1. The van der Waals surface area contributed by atoms with E-state index in [-0.39, 0.29) is 24.0 Å². The quantitative estimate of drug-likeness (QED) is 0.326. The van der Waals surface area contributed by atoms with Gasteiger partial charge in [-0.2, -0.15) is 0 Å². The predicted octanol–water partition coefficient (Wildman–Crippen LogP) is 4.61. The van der Waals surface area contributed by atoms with E-state index in [1.165, 1.54) is 10.6 Å². The number of benzene rings is 1. The fourth-order valence-corrected chi connectivity index (χ4v) is 3.41. The second kappa shape index (κ2) is 12.3. The van der Waals surface area contributed by atoms with Gasteiger partial charge in [-0.05, 0) is 25.3 Å². The van der Waals surface area contributed by atoms with Gasteiger partial charge in [0.2, 0.25) is 0 Å². The van der Waals surface area contributed by atoms with Gasteiger partial charge >= 0.3 is 0 Å². The van der Waals surface area contributed by atoms with Crippen LogP contribution in [0.2, 0.25) is 0 Å². The van der Waals surface area contributed by atoms with Crippen molar-refractivity contribution in [3.63, 3.8) is 0 Å². The van der Waals surface area contributed by atoms with Crippen LogP contribution in [0.1, 0.15) is 49.4 Å². The molecule has 26 heavy (non-hydrogen) atoms. The van der Waals surface area contributed by atoms with E-state index in [2.05, 4.69) is 77.1 Å². The Morgan fingerprint density at radius 3 is 2.50 bits per heavy atom. The van der Waals surface area contributed by atoms with Crippen molar-refractivity contribution in [2.45, 2.75) is 52.0 Å². The highest BCUT2D eigenvalue weighted by molar-refractivity contribution is 14.0. The normalized spacial score (nSPS) is 12.6. The number of thiazole rings is 1. The third kappa shape index (κ3) is 8.03. The monoisotopic (exact) mass is 486 g/mol. The van der Waals surface area contributed by atoms with E-state index >= 15 is 0 Å². The van der Waals surface area contributed by atoms with Crippen molar-refractivity contribution in [3.05, 3.63) is 52.0 Å². The van der Waals surface area contributed by atoms with Crippen molar-refractivity contribution in [2.24, 2.45) is 4.99 Å². The van der Waals surface area contributed by atoms with Gasteiger partial charge in [0.15, 0.2) is 5.96 Å². The standard InChI is InChI=1S/C20H30N4S.HI/c1-15(2)19-24-18(14-25-19)12-13-22-20(21-4)23-16(3)10-11-17-8-6-5-7-9-17;/h5-9,14-16H,10-13H2,1-4H3,(H2,21,22,23);1H. The summed E-state index contributed by atoms with van der Waals surface area (Å²) in [5.41, 5.74) is 2.54. The van der Waals surface area contributed by atoms with E-state index in [4.69, 9.17) is 0 Å². The molecular formula is C20H31IN4S. The molecule has 0 fully saturated rings. The highest BCUT2D eigenvalue weighted by Crippen LogP contribution is 2.19. The molecule has 1 aromatic carbocycles. The van der Waals surface area contributed by atoms with Gasteiger partial charge in [-0.15, -0.1) is 35.3 Å². The number of nitrogens with one attached hydrogen (secondary N) is 2. The highest BCUT2D eigenvalue weighted by Gasteiger charge is 2.08. The van der Waals surface area contributed by atoms with Crippen molar-refractivity contribution < 1.29 is 0 Å². The number of guanidine groups is 1. The molecule has 2 N–H and O–H groups in total. The molecule has 2 rings (SSSR count). The maximum absolute atomic E-state index is 4.67. The van der Waals surface area contributed by atoms with Gasteiger partial charge in [-0.3, -0.25) is 4.99 Å². The smallest absolute Gasteiger partial charge is 0.191 e. The zero-order valence-corrected chi connectivity index (χ0v) is 19.3. The van der Waals surface area contributed by atoms with Crippen molar-refractivity contribution in [1.29, 1.82) is 0 Å². The molecule has 0 saturated heterocycles. The van der Waals surface area contributed by atoms with Crippen molar-refractivity contribution >= 4 is 41.3 Å². The Morgan fingerprint density at radius 1 is 1.15 bits per heavy atom. The number of aromatic nitrogens is 1. The molecular weight excluding hydrogens is 455 g/mol. The van der Waals surface area contributed by atoms with Crippen molar-refractivity contribution in [3.8, 4) is 0 Å². The van der Waals surface area contributed by atoms with Crippen LogP contribution in [0, 0.1) is 0 Å². The van der Waals surface area contributed by atoms with Crippen LogP contribution < -0.4 is 10.6 Å². The second-order valence-electron chi connectivity index (χ2n) is 6.65. The minimum atomic E-state index is 0. The third-order valence-electron chi connectivity index (χ3n) is 4.05. The fraction of sp³-hybridized carbons (Fsp3) is 0.500. The van der Waals surface area contributed by atoms with Gasteiger partial charge in [-0.1, -0.05) is 44.2 Å². The Kier molecular flexibility index (Phi) is 10.8. The first-order valence-electron chi connectivity index (χ1n) is 9.04. The molecule has 0 aliphatic rings. The van der Waals surface area contributed by atoms with Crippen LogP contribution in [0.5, 0.6) is 0 Å². The molecule has 1 aromatic heterocycles. The lowest BCUT2D eigenvalue weighted by atomic mass is 10.1. The summed E-state index contributed by atoms with van der Waals surface area (Å²) in [5, 5.41) is 10.2. The van der Waals surface area contributed by atoms with Crippen LogP contribution in [-0.4, -0.2) is 30.6 Å². The van der Waals surface area contributed by atoms with E-state index in [0.29, 0.717) is 12.0 Å². The topological polar surface area (TPSA) is 49.3 Å².